The molecule has 3 amide bonds. The van der Waals surface area contributed by atoms with Crippen molar-refractivity contribution in [3.63, 3.8) is 0 Å². The van der Waals surface area contributed by atoms with Crippen molar-refractivity contribution in [1.82, 2.24) is 10.2 Å². The van der Waals surface area contributed by atoms with Crippen LogP contribution in [0.3, 0.4) is 0 Å². The predicted molar refractivity (Wildman–Crippen MR) is 116 cm³/mol. The van der Waals surface area contributed by atoms with Gasteiger partial charge in [0.2, 0.25) is 17.7 Å². The summed E-state index contributed by atoms with van der Waals surface area (Å²) in [6.45, 7) is 2.25. The third-order valence-electron chi connectivity index (χ3n) is 5.27. The molecule has 156 valence electrons. The average Bonchev–Trinajstić information content (AvgIpc) is 3.00. The largest absolute Gasteiger partial charge is 0.370 e. The monoisotopic (exact) mass is 434 g/mol. The summed E-state index contributed by atoms with van der Waals surface area (Å²) in [5.41, 5.74) is 3.91. The van der Waals surface area contributed by atoms with Crippen molar-refractivity contribution >= 4 is 43.0 Å². The van der Waals surface area contributed by atoms with Crippen molar-refractivity contribution in [2.75, 3.05) is 18.1 Å². The minimum absolute atomic E-state index is 0.123. The number of likely N-dealkylation sites (tertiary alicyclic amines) is 1. The summed E-state index contributed by atoms with van der Waals surface area (Å²) in [7, 11) is 0. The molecule has 1 spiro atoms. The fraction of sp³-hybridized carbons (Fsp3) is 0.500. The van der Waals surface area contributed by atoms with Crippen LogP contribution in [0.4, 0.5) is 0 Å². The van der Waals surface area contributed by atoms with Crippen LogP contribution in [0, 0.1) is 16.7 Å². The number of nitriles is 1. The van der Waals surface area contributed by atoms with E-state index in [4.69, 9.17) is 5.73 Å². The van der Waals surface area contributed by atoms with E-state index in [-0.39, 0.29) is 24.1 Å². The highest BCUT2D eigenvalue weighted by Gasteiger charge is 2.66. The highest BCUT2D eigenvalue weighted by atomic mass is 32.1. The van der Waals surface area contributed by atoms with Gasteiger partial charge in [-0.05, 0) is 24.0 Å². The smallest absolute Gasteiger partial charge is 0.248 e. The molecule has 1 aromatic carbocycles. The third-order valence-corrected chi connectivity index (χ3v) is 5.72. The Morgan fingerprint density at radius 3 is 2.28 bits per heavy atom. The highest BCUT2D eigenvalue weighted by Crippen LogP contribution is 2.56. The number of nitrogens with zero attached hydrogens (tertiary/aromatic N) is 2. The van der Waals surface area contributed by atoms with Gasteiger partial charge in [-0.2, -0.15) is 30.5 Å². The average molecular weight is 435 g/mol. The molecule has 2 aliphatic heterocycles. The summed E-state index contributed by atoms with van der Waals surface area (Å²) in [5, 5.41) is 12.5. The summed E-state index contributed by atoms with van der Waals surface area (Å²) < 4.78 is 0. The number of rotatable bonds is 5. The Labute approximate surface area is 181 Å². The molecule has 2 fully saturated rings. The number of nitrogens with one attached hydrogen (secondary N) is 1. The second kappa shape index (κ2) is 9.55. The lowest BCUT2D eigenvalue weighted by Crippen LogP contribution is -2.71. The molecule has 0 aromatic heterocycles. The van der Waals surface area contributed by atoms with Gasteiger partial charge in [-0.3, -0.25) is 14.4 Å². The zero-order chi connectivity index (χ0) is 21.7. The normalized spacial score (nSPS) is 27.3. The van der Waals surface area contributed by atoms with Crippen LogP contribution in [0.5, 0.6) is 0 Å². The van der Waals surface area contributed by atoms with Gasteiger partial charge in [0.05, 0.1) is 24.1 Å². The van der Waals surface area contributed by atoms with E-state index in [0.717, 1.165) is 5.56 Å². The van der Waals surface area contributed by atoms with Crippen molar-refractivity contribution in [2.45, 2.75) is 37.8 Å². The van der Waals surface area contributed by atoms with E-state index in [0.29, 0.717) is 30.9 Å². The first-order valence-electron chi connectivity index (χ1n) is 9.32. The number of carbonyl (C=O) groups excluding carboxylic acids is 3. The fourth-order valence-corrected chi connectivity index (χ4v) is 4.40. The SMILES string of the molecule is CC1(C#N)CC2(CNC2=O)N(C(=O)CCS)C1c1ccccc1.NC(=O)CCS. The minimum Gasteiger partial charge on any atom is -0.370 e. The molecule has 3 rings (SSSR count). The van der Waals surface area contributed by atoms with Crippen LogP contribution < -0.4 is 11.1 Å². The number of amides is 3. The predicted octanol–water partition coefficient (Wildman–Crippen LogP) is 1.47. The number of benzene rings is 1. The molecule has 0 bridgehead atoms. The van der Waals surface area contributed by atoms with Crippen molar-refractivity contribution in [3.8, 4) is 6.07 Å². The van der Waals surface area contributed by atoms with Crippen molar-refractivity contribution in [1.29, 1.82) is 5.26 Å². The van der Waals surface area contributed by atoms with Gasteiger partial charge in [-0.25, -0.2) is 0 Å². The first-order valence-corrected chi connectivity index (χ1v) is 10.6. The molecule has 7 nitrogen and oxygen atoms in total. The van der Waals surface area contributed by atoms with Gasteiger partial charge in [0.15, 0.2) is 0 Å². The van der Waals surface area contributed by atoms with Crippen molar-refractivity contribution in [2.24, 2.45) is 11.1 Å². The number of hydrogen-bond donors (Lipinski definition) is 4. The Hall–Kier alpha value is -2.18. The van der Waals surface area contributed by atoms with Gasteiger partial charge in [0.25, 0.3) is 0 Å². The molecular weight excluding hydrogens is 408 g/mol. The second-order valence-corrected chi connectivity index (χ2v) is 8.31. The molecule has 2 aliphatic rings. The first kappa shape index (κ1) is 23.1. The Balaban J connectivity index is 0.000000438. The molecule has 0 radical (unpaired) electrons. The van der Waals surface area contributed by atoms with Crippen LogP contribution in [0.25, 0.3) is 0 Å². The summed E-state index contributed by atoms with van der Waals surface area (Å²) in [4.78, 5) is 36.5. The Kier molecular flexibility index (Phi) is 7.60. The zero-order valence-electron chi connectivity index (χ0n) is 16.3. The summed E-state index contributed by atoms with van der Waals surface area (Å²) in [6, 6.07) is 11.4. The topological polar surface area (TPSA) is 116 Å². The van der Waals surface area contributed by atoms with E-state index in [1.165, 1.54) is 0 Å². The van der Waals surface area contributed by atoms with E-state index in [2.05, 4.69) is 36.6 Å². The fourth-order valence-electron chi connectivity index (χ4n) is 3.99. The summed E-state index contributed by atoms with van der Waals surface area (Å²) in [5.74, 6) is 0.394. The molecule has 1 aromatic rings. The van der Waals surface area contributed by atoms with Crippen molar-refractivity contribution < 1.29 is 14.4 Å². The van der Waals surface area contributed by atoms with Gasteiger partial charge < -0.3 is 16.0 Å². The van der Waals surface area contributed by atoms with E-state index >= 15 is 0 Å². The lowest BCUT2D eigenvalue weighted by Gasteiger charge is -2.46. The molecule has 0 aliphatic carbocycles. The van der Waals surface area contributed by atoms with Gasteiger partial charge >= 0.3 is 0 Å². The van der Waals surface area contributed by atoms with Crippen LogP contribution >= 0.6 is 25.3 Å². The Morgan fingerprint density at radius 1 is 1.28 bits per heavy atom. The first-order chi connectivity index (χ1) is 13.8. The number of carbonyl (C=O) groups is 3. The van der Waals surface area contributed by atoms with Gasteiger partial charge in [0, 0.05) is 19.3 Å². The molecule has 0 saturated carbocycles. The lowest BCUT2D eigenvalue weighted by molar-refractivity contribution is -0.154. The number of nitrogens with two attached hydrogens (primary N) is 1. The lowest BCUT2D eigenvalue weighted by atomic mass is 9.75. The maximum absolute atomic E-state index is 12.8. The second-order valence-electron chi connectivity index (χ2n) is 7.41. The molecule has 29 heavy (non-hydrogen) atoms. The Bertz CT molecular complexity index is 814. The van der Waals surface area contributed by atoms with E-state index < -0.39 is 17.0 Å². The maximum atomic E-state index is 12.8. The molecular formula is C20H26N4O3S2. The maximum Gasteiger partial charge on any atom is 0.248 e. The number of thiol groups is 2. The molecule has 3 atom stereocenters. The van der Waals surface area contributed by atoms with Gasteiger partial charge in [-0.15, -0.1) is 0 Å². The van der Waals surface area contributed by atoms with E-state index in [9.17, 15) is 19.6 Å². The van der Waals surface area contributed by atoms with Gasteiger partial charge in [0.1, 0.15) is 5.54 Å². The molecule has 2 heterocycles. The van der Waals surface area contributed by atoms with Crippen molar-refractivity contribution in [3.05, 3.63) is 35.9 Å². The molecule has 9 heteroatoms. The van der Waals surface area contributed by atoms with E-state index in [1.54, 1.807) is 4.90 Å². The Morgan fingerprint density at radius 2 is 1.90 bits per heavy atom. The van der Waals surface area contributed by atoms with Crippen LogP contribution in [0.1, 0.15) is 37.8 Å². The number of hydrogen-bond acceptors (Lipinski definition) is 6. The van der Waals surface area contributed by atoms with Crippen LogP contribution in [-0.4, -0.2) is 46.2 Å². The van der Waals surface area contributed by atoms with Crippen LogP contribution in [0.15, 0.2) is 30.3 Å². The summed E-state index contributed by atoms with van der Waals surface area (Å²) in [6.07, 6.45) is 0.992. The number of β-lactam (4-membered cyclic amide) rings is 1. The molecule has 3 N–H and O–H groups in total. The quantitative estimate of drug-likeness (QED) is 0.415. The highest BCUT2D eigenvalue weighted by molar-refractivity contribution is 7.80. The summed E-state index contributed by atoms with van der Waals surface area (Å²) >= 11 is 7.91. The van der Waals surface area contributed by atoms with E-state index in [1.807, 2.05) is 37.3 Å². The minimum atomic E-state index is -0.898. The van der Waals surface area contributed by atoms with Crippen LogP contribution in [0.2, 0.25) is 0 Å². The standard InChI is InChI=1S/C17H19N3O2S.C3H7NOS/c1-16(10-18)9-17(11-19-15(17)22)20(13(21)7-8-23)14(16)12-5-3-2-4-6-12;4-3(5)1-2-6/h2-6,14,23H,7-9,11H2,1H3,(H,19,22);6H,1-2H2,(H2,4,5). The zero-order valence-corrected chi connectivity index (χ0v) is 18.1. The number of primary amides is 1. The molecule has 2 saturated heterocycles. The third kappa shape index (κ3) is 4.54. The molecule has 3 unspecified atom stereocenters. The van der Waals surface area contributed by atoms with Crippen LogP contribution in [-0.2, 0) is 14.4 Å². The van der Waals surface area contributed by atoms with Gasteiger partial charge in [-0.1, -0.05) is 30.3 Å².